The van der Waals surface area contributed by atoms with Crippen LogP contribution in [-0.2, 0) is 4.74 Å². The van der Waals surface area contributed by atoms with Crippen LogP contribution in [0.2, 0.25) is 0 Å². The smallest absolute Gasteiger partial charge is 0.422 e. The van der Waals surface area contributed by atoms with Crippen LogP contribution >= 0.6 is 0 Å². The molecular weight excluding hydrogens is 204 g/mol. The van der Waals surface area contributed by atoms with Crippen LogP contribution in [0.5, 0.6) is 0 Å². The molecule has 94 valence electrons. The van der Waals surface area contributed by atoms with E-state index in [1.54, 1.807) is 0 Å². The number of carbonyl (C=O) groups excluding carboxylic acids is 1. The molecule has 1 saturated carbocycles. The fourth-order valence-electron chi connectivity index (χ4n) is 1.73. The monoisotopic (exact) mass is 228 g/mol. The molecule has 0 bridgehead atoms. The fourth-order valence-corrected chi connectivity index (χ4v) is 1.73. The SMILES string of the molecule is CC(C)C(NNC(=O)OC(C)(C)C)C1CC1. The molecular formula is C12H24N2O2. The zero-order chi connectivity index (χ0) is 12.3. The third-order valence-corrected chi connectivity index (χ3v) is 2.59. The van der Waals surface area contributed by atoms with E-state index < -0.39 is 11.7 Å². The van der Waals surface area contributed by atoms with Gasteiger partial charge in [-0.1, -0.05) is 13.8 Å². The largest absolute Gasteiger partial charge is 0.443 e. The number of rotatable bonds is 4. The van der Waals surface area contributed by atoms with Crippen LogP contribution in [-0.4, -0.2) is 17.7 Å². The standard InChI is InChI=1S/C12H24N2O2/c1-8(2)10(9-6-7-9)13-14-11(15)16-12(3,4)5/h8-10,13H,6-7H2,1-5H3,(H,14,15). The van der Waals surface area contributed by atoms with Crippen molar-refractivity contribution in [1.82, 2.24) is 10.9 Å². The lowest BCUT2D eigenvalue weighted by Crippen LogP contribution is -2.49. The Morgan fingerprint density at radius 1 is 1.31 bits per heavy atom. The molecule has 0 aromatic carbocycles. The summed E-state index contributed by atoms with van der Waals surface area (Å²) in [5.41, 5.74) is 5.26. The molecule has 1 rings (SSSR count). The van der Waals surface area contributed by atoms with Gasteiger partial charge in [-0.3, -0.25) is 5.43 Å². The molecule has 16 heavy (non-hydrogen) atoms. The van der Waals surface area contributed by atoms with Crippen molar-refractivity contribution >= 4 is 6.09 Å². The lowest BCUT2D eigenvalue weighted by Gasteiger charge is -2.24. The second-order valence-corrected chi connectivity index (χ2v) is 5.88. The summed E-state index contributed by atoms with van der Waals surface area (Å²) >= 11 is 0. The molecule has 0 spiro atoms. The molecule has 0 aromatic rings. The summed E-state index contributed by atoms with van der Waals surface area (Å²) in [6.07, 6.45) is 2.11. The first-order chi connectivity index (χ1) is 7.29. The molecule has 0 heterocycles. The molecule has 2 N–H and O–H groups in total. The maximum atomic E-state index is 11.4. The zero-order valence-electron chi connectivity index (χ0n) is 11.0. The lowest BCUT2D eigenvalue weighted by atomic mass is 10.0. The third-order valence-electron chi connectivity index (χ3n) is 2.59. The Labute approximate surface area is 98.1 Å². The minimum Gasteiger partial charge on any atom is -0.443 e. The van der Waals surface area contributed by atoms with Gasteiger partial charge in [-0.25, -0.2) is 10.2 Å². The van der Waals surface area contributed by atoms with Gasteiger partial charge in [0, 0.05) is 6.04 Å². The van der Waals surface area contributed by atoms with Crippen LogP contribution in [0.25, 0.3) is 0 Å². The molecule has 1 amide bonds. The summed E-state index contributed by atoms with van der Waals surface area (Å²) in [7, 11) is 0. The molecule has 4 nitrogen and oxygen atoms in total. The van der Waals surface area contributed by atoms with E-state index in [-0.39, 0.29) is 0 Å². The van der Waals surface area contributed by atoms with Crippen LogP contribution in [0, 0.1) is 11.8 Å². The van der Waals surface area contributed by atoms with E-state index in [0.29, 0.717) is 17.9 Å². The van der Waals surface area contributed by atoms with E-state index in [1.165, 1.54) is 12.8 Å². The number of hydrazine groups is 1. The van der Waals surface area contributed by atoms with Crippen molar-refractivity contribution < 1.29 is 9.53 Å². The Morgan fingerprint density at radius 3 is 2.25 bits per heavy atom. The highest BCUT2D eigenvalue weighted by atomic mass is 16.6. The average Bonchev–Trinajstić information content (AvgIpc) is 2.83. The van der Waals surface area contributed by atoms with E-state index in [1.807, 2.05) is 20.8 Å². The molecule has 0 radical (unpaired) electrons. The summed E-state index contributed by atoms with van der Waals surface area (Å²) in [5, 5.41) is 0. The van der Waals surface area contributed by atoms with Crippen molar-refractivity contribution in [2.45, 2.75) is 59.1 Å². The quantitative estimate of drug-likeness (QED) is 0.727. The number of amides is 1. The maximum Gasteiger partial charge on any atom is 0.422 e. The summed E-state index contributed by atoms with van der Waals surface area (Å²) in [6.45, 7) is 9.88. The normalized spacial score (nSPS) is 18.4. The molecule has 4 heteroatoms. The first-order valence-electron chi connectivity index (χ1n) is 6.04. The van der Waals surface area contributed by atoms with Gasteiger partial charge in [-0.15, -0.1) is 0 Å². The zero-order valence-corrected chi connectivity index (χ0v) is 11.0. The van der Waals surface area contributed by atoms with Gasteiger partial charge in [-0.05, 0) is 45.4 Å². The Hall–Kier alpha value is -0.770. The minimum absolute atomic E-state index is 0.354. The predicted molar refractivity (Wildman–Crippen MR) is 63.9 cm³/mol. The van der Waals surface area contributed by atoms with E-state index in [2.05, 4.69) is 24.7 Å². The molecule has 1 unspecified atom stereocenters. The van der Waals surface area contributed by atoms with Crippen LogP contribution in [0.15, 0.2) is 0 Å². The van der Waals surface area contributed by atoms with Crippen LogP contribution in [0.3, 0.4) is 0 Å². The first kappa shape index (κ1) is 13.3. The molecule has 0 saturated heterocycles. The van der Waals surface area contributed by atoms with Gasteiger partial charge in [0.25, 0.3) is 0 Å². The van der Waals surface area contributed by atoms with Crippen LogP contribution in [0.4, 0.5) is 4.79 Å². The van der Waals surface area contributed by atoms with Gasteiger partial charge >= 0.3 is 6.09 Å². The van der Waals surface area contributed by atoms with Crippen molar-refractivity contribution in [2.24, 2.45) is 11.8 Å². The predicted octanol–water partition coefficient (Wildman–Crippen LogP) is 2.45. The van der Waals surface area contributed by atoms with Crippen molar-refractivity contribution in [3.63, 3.8) is 0 Å². The minimum atomic E-state index is -0.446. The second-order valence-electron chi connectivity index (χ2n) is 5.88. The van der Waals surface area contributed by atoms with Gasteiger partial charge in [0.05, 0.1) is 0 Å². The molecule has 1 atom stereocenters. The topological polar surface area (TPSA) is 50.4 Å². The van der Waals surface area contributed by atoms with E-state index in [4.69, 9.17) is 4.74 Å². The Kier molecular flexibility index (Phi) is 4.19. The van der Waals surface area contributed by atoms with Gasteiger partial charge in [0.2, 0.25) is 0 Å². The highest BCUT2D eigenvalue weighted by Gasteiger charge is 2.33. The number of nitrogens with one attached hydrogen (secondary N) is 2. The fraction of sp³-hybridized carbons (Fsp3) is 0.917. The van der Waals surface area contributed by atoms with E-state index in [0.717, 1.165) is 0 Å². The van der Waals surface area contributed by atoms with Crippen LogP contribution in [0.1, 0.15) is 47.5 Å². The Bertz CT molecular complexity index is 240. The summed E-state index contributed by atoms with van der Waals surface area (Å²) in [6, 6.07) is 0.354. The van der Waals surface area contributed by atoms with Gasteiger partial charge in [0.1, 0.15) is 5.60 Å². The Balaban J connectivity index is 2.29. The summed E-state index contributed by atoms with van der Waals surface area (Å²) in [4.78, 5) is 11.4. The van der Waals surface area contributed by atoms with Gasteiger partial charge < -0.3 is 4.74 Å². The summed E-state index contributed by atoms with van der Waals surface area (Å²) in [5.74, 6) is 1.22. The van der Waals surface area contributed by atoms with Gasteiger partial charge in [0.15, 0.2) is 0 Å². The van der Waals surface area contributed by atoms with E-state index in [9.17, 15) is 4.79 Å². The van der Waals surface area contributed by atoms with Crippen molar-refractivity contribution in [2.75, 3.05) is 0 Å². The van der Waals surface area contributed by atoms with Crippen LogP contribution < -0.4 is 10.9 Å². The highest BCUT2D eigenvalue weighted by Crippen LogP contribution is 2.35. The molecule has 0 aromatic heterocycles. The first-order valence-corrected chi connectivity index (χ1v) is 6.04. The molecule has 1 aliphatic rings. The number of carbonyl (C=O) groups is 1. The van der Waals surface area contributed by atoms with E-state index >= 15 is 0 Å². The Morgan fingerprint density at radius 2 is 1.88 bits per heavy atom. The lowest BCUT2D eigenvalue weighted by molar-refractivity contribution is 0.0478. The molecule has 0 aliphatic heterocycles. The molecule has 1 fully saturated rings. The number of hydrogen-bond donors (Lipinski definition) is 2. The number of ether oxygens (including phenoxy) is 1. The highest BCUT2D eigenvalue weighted by molar-refractivity contribution is 5.67. The third kappa shape index (κ3) is 4.84. The van der Waals surface area contributed by atoms with Gasteiger partial charge in [-0.2, -0.15) is 0 Å². The summed E-state index contributed by atoms with van der Waals surface area (Å²) < 4.78 is 5.16. The average molecular weight is 228 g/mol. The van der Waals surface area contributed by atoms with Crippen molar-refractivity contribution in [3.8, 4) is 0 Å². The number of hydrogen-bond acceptors (Lipinski definition) is 3. The second kappa shape index (κ2) is 5.04. The van der Waals surface area contributed by atoms with Crippen molar-refractivity contribution in [3.05, 3.63) is 0 Å². The van der Waals surface area contributed by atoms with Crippen molar-refractivity contribution in [1.29, 1.82) is 0 Å². The molecule has 1 aliphatic carbocycles. The maximum absolute atomic E-state index is 11.4.